The fraction of sp³-hybridized carbons (Fsp3) is 0.241. The van der Waals surface area contributed by atoms with Crippen LogP contribution >= 0.6 is 11.3 Å². The van der Waals surface area contributed by atoms with Crippen LogP contribution in [0.2, 0.25) is 0 Å². The number of ether oxygens (including phenoxy) is 1. The highest BCUT2D eigenvalue weighted by molar-refractivity contribution is 7.09. The lowest BCUT2D eigenvalue weighted by Crippen LogP contribution is -2.33. The Morgan fingerprint density at radius 1 is 1.00 bits per heavy atom. The van der Waals surface area contributed by atoms with Gasteiger partial charge in [-0.3, -0.25) is 9.59 Å². The second-order valence-electron chi connectivity index (χ2n) is 8.93. The standard InChI is InChI=1S/C29H29N3O4S/c1-19(2)36-26-13-12-21(16-30-26)23-10-6-7-11-24(23)25-18-37-27(32-25)17-31-29(35)22(15-28(33)34)14-20-8-4-3-5-9-20/h3-13,16,18-19,22H,14-15,17H2,1-2H3,(H,31,35)(H,33,34)/t22-/m1/s1. The molecule has 7 nitrogen and oxygen atoms in total. The summed E-state index contributed by atoms with van der Waals surface area (Å²) in [5, 5.41) is 14.9. The van der Waals surface area contributed by atoms with Crippen molar-refractivity contribution in [3.63, 3.8) is 0 Å². The lowest BCUT2D eigenvalue weighted by Gasteiger charge is -2.14. The molecule has 0 aliphatic heterocycles. The van der Waals surface area contributed by atoms with Gasteiger partial charge >= 0.3 is 5.97 Å². The van der Waals surface area contributed by atoms with E-state index in [0.717, 1.165) is 33.0 Å². The van der Waals surface area contributed by atoms with Gasteiger partial charge in [0.05, 0.1) is 30.7 Å². The van der Waals surface area contributed by atoms with E-state index in [2.05, 4.69) is 10.3 Å². The fourth-order valence-corrected chi connectivity index (χ4v) is 4.73. The van der Waals surface area contributed by atoms with Gasteiger partial charge in [0.1, 0.15) is 5.01 Å². The minimum absolute atomic E-state index is 0.0531. The molecule has 1 atom stereocenters. The van der Waals surface area contributed by atoms with E-state index in [-0.39, 0.29) is 25.0 Å². The zero-order valence-corrected chi connectivity index (χ0v) is 21.6. The fourth-order valence-electron chi connectivity index (χ4n) is 4.00. The second-order valence-corrected chi connectivity index (χ2v) is 9.87. The van der Waals surface area contributed by atoms with Gasteiger partial charge in [-0.15, -0.1) is 11.3 Å². The molecule has 0 bridgehead atoms. The summed E-state index contributed by atoms with van der Waals surface area (Å²) in [7, 11) is 0. The van der Waals surface area contributed by atoms with Gasteiger partial charge in [-0.2, -0.15) is 0 Å². The van der Waals surface area contributed by atoms with Crippen LogP contribution in [0.25, 0.3) is 22.4 Å². The first-order valence-corrected chi connectivity index (χ1v) is 13.0. The number of thiazole rings is 1. The summed E-state index contributed by atoms with van der Waals surface area (Å²) < 4.78 is 5.65. The van der Waals surface area contributed by atoms with Crippen LogP contribution in [0.15, 0.2) is 78.3 Å². The third-order valence-corrected chi connectivity index (χ3v) is 6.54. The molecular weight excluding hydrogens is 486 g/mol. The summed E-state index contributed by atoms with van der Waals surface area (Å²) in [6.45, 7) is 4.16. The third kappa shape index (κ3) is 7.24. The summed E-state index contributed by atoms with van der Waals surface area (Å²) in [6.07, 6.45) is 1.98. The first-order valence-electron chi connectivity index (χ1n) is 12.1. The topological polar surface area (TPSA) is 101 Å². The van der Waals surface area contributed by atoms with Gasteiger partial charge in [-0.25, -0.2) is 9.97 Å². The molecule has 0 saturated carbocycles. The van der Waals surface area contributed by atoms with E-state index in [1.54, 1.807) is 6.20 Å². The van der Waals surface area contributed by atoms with Crippen LogP contribution in [0.4, 0.5) is 0 Å². The number of amides is 1. The summed E-state index contributed by atoms with van der Waals surface area (Å²) in [5.74, 6) is -1.37. The lowest BCUT2D eigenvalue weighted by molar-refractivity contribution is -0.141. The Kier molecular flexibility index (Phi) is 8.64. The van der Waals surface area contributed by atoms with Crippen molar-refractivity contribution in [2.24, 2.45) is 5.92 Å². The molecule has 8 heteroatoms. The number of carboxylic acids is 1. The maximum Gasteiger partial charge on any atom is 0.304 e. The highest BCUT2D eigenvalue weighted by Gasteiger charge is 2.22. The highest BCUT2D eigenvalue weighted by atomic mass is 32.1. The Morgan fingerprint density at radius 3 is 2.41 bits per heavy atom. The molecule has 1 amide bonds. The Balaban J connectivity index is 1.45. The number of nitrogens with one attached hydrogen (secondary N) is 1. The Morgan fingerprint density at radius 2 is 1.73 bits per heavy atom. The first-order chi connectivity index (χ1) is 17.9. The number of carbonyl (C=O) groups excluding carboxylic acids is 1. The van der Waals surface area contributed by atoms with Crippen molar-refractivity contribution in [3.05, 3.63) is 88.9 Å². The molecule has 0 aliphatic carbocycles. The number of nitrogens with zero attached hydrogens (tertiary/aromatic N) is 2. The van der Waals surface area contributed by atoms with Crippen LogP contribution in [-0.2, 0) is 22.6 Å². The number of aliphatic carboxylic acids is 1. The van der Waals surface area contributed by atoms with Crippen LogP contribution in [0.1, 0.15) is 30.8 Å². The van der Waals surface area contributed by atoms with Crippen LogP contribution in [0.5, 0.6) is 5.88 Å². The molecule has 0 spiro atoms. The highest BCUT2D eigenvalue weighted by Crippen LogP contribution is 2.33. The van der Waals surface area contributed by atoms with Crippen molar-refractivity contribution >= 4 is 23.2 Å². The Hall–Kier alpha value is -4.04. The van der Waals surface area contributed by atoms with Crippen LogP contribution in [0, 0.1) is 5.92 Å². The van der Waals surface area contributed by atoms with Crippen molar-refractivity contribution in [2.75, 3.05) is 0 Å². The smallest absolute Gasteiger partial charge is 0.304 e. The number of pyridine rings is 1. The number of rotatable bonds is 11. The molecule has 2 aromatic heterocycles. The summed E-state index contributed by atoms with van der Waals surface area (Å²) >= 11 is 1.45. The van der Waals surface area contributed by atoms with Crippen molar-refractivity contribution in [3.8, 4) is 28.3 Å². The normalized spacial score (nSPS) is 11.8. The van der Waals surface area contributed by atoms with Crippen LogP contribution < -0.4 is 10.1 Å². The molecule has 0 fully saturated rings. The SMILES string of the molecule is CC(C)Oc1ccc(-c2ccccc2-c2csc(CNC(=O)[C@@H](CC(=O)O)Cc3ccccc3)n2)cn1. The maximum absolute atomic E-state index is 12.9. The van der Waals surface area contributed by atoms with Crippen molar-refractivity contribution in [1.82, 2.24) is 15.3 Å². The molecule has 2 heterocycles. The second kappa shape index (κ2) is 12.3. The van der Waals surface area contributed by atoms with E-state index in [1.807, 2.05) is 86.0 Å². The first kappa shape index (κ1) is 26.0. The van der Waals surface area contributed by atoms with E-state index in [4.69, 9.17) is 9.72 Å². The lowest BCUT2D eigenvalue weighted by atomic mass is 9.95. The predicted octanol–water partition coefficient (Wildman–Crippen LogP) is 5.61. The van der Waals surface area contributed by atoms with E-state index in [0.29, 0.717) is 12.3 Å². The molecule has 4 rings (SSSR count). The molecule has 190 valence electrons. The monoisotopic (exact) mass is 515 g/mol. The molecule has 2 N–H and O–H groups in total. The minimum atomic E-state index is -0.998. The van der Waals surface area contributed by atoms with E-state index >= 15 is 0 Å². The predicted molar refractivity (Wildman–Crippen MR) is 144 cm³/mol. The van der Waals surface area contributed by atoms with Crippen molar-refractivity contribution < 1.29 is 19.4 Å². The quantitative estimate of drug-likeness (QED) is 0.269. The number of hydrogen-bond acceptors (Lipinski definition) is 6. The van der Waals surface area contributed by atoms with Crippen molar-refractivity contribution in [2.45, 2.75) is 39.3 Å². The van der Waals surface area contributed by atoms with Gasteiger partial charge in [0.25, 0.3) is 0 Å². The van der Waals surface area contributed by atoms with Gasteiger partial charge in [0.15, 0.2) is 0 Å². The van der Waals surface area contributed by atoms with E-state index in [1.165, 1.54) is 11.3 Å². The van der Waals surface area contributed by atoms with Gasteiger partial charge in [0.2, 0.25) is 11.8 Å². The molecule has 0 aliphatic rings. The summed E-state index contributed by atoms with van der Waals surface area (Å²) in [6, 6.07) is 21.2. The number of benzene rings is 2. The molecule has 0 unspecified atom stereocenters. The van der Waals surface area contributed by atoms with Gasteiger partial charge in [-0.1, -0.05) is 54.6 Å². The van der Waals surface area contributed by atoms with Crippen molar-refractivity contribution in [1.29, 1.82) is 0 Å². The molecule has 37 heavy (non-hydrogen) atoms. The van der Waals surface area contributed by atoms with Gasteiger partial charge in [0, 0.05) is 28.8 Å². The van der Waals surface area contributed by atoms with Crippen LogP contribution in [-0.4, -0.2) is 33.1 Å². The third-order valence-electron chi connectivity index (χ3n) is 5.69. The number of hydrogen-bond donors (Lipinski definition) is 2. The Bertz CT molecular complexity index is 1340. The van der Waals surface area contributed by atoms with E-state index in [9.17, 15) is 14.7 Å². The maximum atomic E-state index is 12.9. The van der Waals surface area contributed by atoms with Gasteiger partial charge < -0.3 is 15.2 Å². The number of carbonyl (C=O) groups is 2. The Labute approximate surface area is 220 Å². The minimum Gasteiger partial charge on any atom is -0.481 e. The zero-order chi connectivity index (χ0) is 26.2. The molecular formula is C29H29N3O4S. The number of carboxylic acid groups (broad SMARTS) is 1. The zero-order valence-electron chi connectivity index (χ0n) is 20.8. The molecule has 0 saturated heterocycles. The van der Waals surface area contributed by atoms with Gasteiger partial charge in [-0.05, 0) is 37.5 Å². The summed E-state index contributed by atoms with van der Waals surface area (Å²) in [4.78, 5) is 33.4. The largest absolute Gasteiger partial charge is 0.481 e. The molecule has 0 radical (unpaired) electrons. The number of aromatic nitrogens is 2. The van der Waals surface area contributed by atoms with Crippen LogP contribution in [0.3, 0.4) is 0 Å². The average Bonchev–Trinajstić information content (AvgIpc) is 3.36. The summed E-state index contributed by atoms with van der Waals surface area (Å²) in [5.41, 5.74) is 4.64. The molecule has 2 aromatic carbocycles. The molecule has 4 aromatic rings. The average molecular weight is 516 g/mol. The van der Waals surface area contributed by atoms with E-state index < -0.39 is 11.9 Å².